The molecule has 0 aliphatic rings. The third kappa shape index (κ3) is 3.99. The van der Waals surface area contributed by atoms with Crippen LogP contribution < -0.4 is 0 Å². The van der Waals surface area contributed by atoms with Crippen LogP contribution >= 0.6 is 0 Å². The van der Waals surface area contributed by atoms with E-state index in [1.807, 2.05) is 13.0 Å². The first-order valence-electron chi connectivity index (χ1n) is 4.48. The van der Waals surface area contributed by atoms with E-state index < -0.39 is 5.60 Å². The third-order valence-electron chi connectivity index (χ3n) is 1.81. The van der Waals surface area contributed by atoms with Gasteiger partial charge >= 0.3 is 0 Å². The lowest BCUT2D eigenvalue weighted by atomic mass is 10.0. The lowest BCUT2D eigenvalue weighted by Gasteiger charge is -2.15. The molecule has 13 heavy (non-hydrogen) atoms. The van der Waals surface area contributed by atoms with Crippen molar-refractivity contribution in [3.63, 3.8) is 0 Å². The van der Waals surface area contributed by atoms with Crippen LogP contribution in [-0.4, -0.2) is 20.7 Å². The van der Waals surface area contributed by atoms with Crippen LogP contribution in [0.4, 0.5) is 0 Å². The summed E-state index contributed by atoms with van der Waals surface area (Å²) in [5, 5.41) is 9.49. The monoisotopic (exact) mass is 180 g/mol. The lowest BCUT2D eigenvalue weighted by Crippen LogP contribution is -2.19. The minimum atomic E-state index is -0.632. The summed E-state index contributed by atoms with van der Waals surface area (Å²) in [6.45, 7) is 5.53. The second kappa shape index (κ2) is 3.83. The molecule has 3 heteroatoms. The van der Waals surface area contributed by atoms with Gasteiger partial charge in [-0.25, -0.2) is 9.97 Å². The Morgan fingerprint density at radius 2 is 2.15 bits per heavy atom. The van der Waals surface area contributed by atoms with Gasteiger partial charge in [-0.1, -0.05) is 0 Å². The number of aryl methyl sites for hydroxylation is 2. The van der Waals surface area contributed by atoms with Crippen molar-refractivity contribution >= 4 is 0 Å². The van der Waals surface area contributed by atoms with E-state index in [1.54, 1.807) is 20.0 Å². The van der Waals surface area contributed by atoms with Crippen molar-refractivity contribution in [3.8, 4) is 0 Å². The summed E-state index contributed by atoms with van der Waals surface area (Å²) in [6, 6.07) is 1.87. The fourth-order valence-electron chi connectivity index (χ4n) is 1.04. The maximum absolute atomic E-state index is 9.49. The smallest absolute Gasteiger partial charge is 0.128 e. The molecule has 0 atom stereocenters. The zero-order chi connectivity index (χ0) is 9.90. The van der Waals surface area contributed by atoms with Crippen molar-refractivity contribution in [2.24, 2.45) is 0 Å². The van der Waals surface area contributed by atoms with E-state index in [1.165, 1.54) is 0 Å². The summed E-state index contributed by atoms with van der Waals surface area (Å²) in [4.78, 5) is 8.37. The molecule has 1 N–H and O–H groups in total. The SMILES string of the molecule is Cc1ccnc(CCC(C)(C)O)n1. The van der Waals surface area contributed by atoms with Gasteiger partial charge in [0.05, 0.1) is 5.60 Å². The number of aliphatic hydroxyl groups is 1. The van der Waals surface area contributed by atoms with Crippen molar-refractivity contribution in [2.45, 2.75) is 39.2 Å². The Labute approximate surface area is 78.9 Å². The molecule has 0 fully saturated rings. The van der Waals surface area contributed by atoms with Crippen molar-refractivity contribution in [1.82, 2.24) is 9.97 Å². The van der Waals surface area contributed by atoms with Gasteiger partial charge in [-0.2, -0.15) is 0 Å². The molecule has 0 aromatic carbocycles. The molecule has 3 nitrogen and oxygen atoms in total. The predicted molar refractivity (Wildman–Crippen MR) is 51.4 cm³/mol. The molecule has 0 bridgehead atoms. The minimum absolute atomic E-state index is 0.632. The first-order valence-corrected chi connectivity index (χ1v) is 4.48. The fraction of sp³-hybridized carbons (Fsp3) is 0.600. The van der Waals surface area contributed by atoms with Gasteiger partial charge in [-0.15, -0.1) is 0 Å². The zero-order valence-electron chi connectivity index (χ0n) is 8.41. The van der Waals surface area contributed by atoms with Crippen molar-refractivity contribution in [3.05, 3.63) is 23.8 Å². The standard InChI is InChI=1S/C10H16N2O/c1-8-5-7-11-9(12-8)4-6-10(2,3)13/h5,7,13H,4,6H2,1-3H3. The van der Waals surface area contributed by atoms with E-state index in [0.29, 0.717) is 6.42 Å². The van der Waals surface area contributed by atoms with E-state index in [4.69, 9.17) is 0 Å². The molecule has 1 aromatic rings. The minimum Gasteiger partial charge on any atom is -0.390 e. The predicted octanol–water partition coefficient (Wildman–Crippen LogP) is 1.49. The highest BCUT2D eigenvalue weighted by atomic mass is 16.3. The van der Waals surface area contributed by atoms with Crippen LogP contribution in [-0.2, 0) is 6.42 Å². The molecule has 1 rings (SSSR count). The fourth-order valence-corrected chi connectivity index (χ4v) is 1.04. The van der Waals surface area contributed by atoms with Gasteiger partial charge in [-0.05, 0) is 33.3 Å². The lowest BCUT2D eigenvalue weighted by molar-refractivity contribution is 0.0708. The molecule has 0 aliphatic heterocycles. The first-order chi connectivity index (χ1) is 5.97. The van der Waals surface area contributed by atoms with Gasteiger partial charge in [0, 0.05) is 18.3 Å². The maximum Gasteiger partial charge on any atom is 0.128 e. The van der Waals surface area contributed by atoms with Crippen molar-refractivity contribution in [1.29, 1.82) is 0 Å². The van der Waals surface area contributed by atoms with Crippen molar-refractivity contribution < 1.29 is 5.11 Å². The Morgan fingerprint density at radius 3 is 2.69 bits per heavy atom. The van der Waals surface area contributed by atoms with Crippen LogP contribution in [0.3, 0.4) is 0 Å². The van der Waals surface area contributed by atoms with E-state index in [0.717, 1.165) is 17.9 Å². The highest BCUT2D eigenvalue weighted by Crippen LogP contribution is 2.10. The van der Waals surface area contributed by atoms with E-state index >= 15 is 0 Å². The summed E-state index contributed by atoms with van der Waals surface area (Å²) in [6.07, 6.45) is 3.17. The molecule has 0 unspecified atom stereocenters. The first kappa shape index (κ1) is 10.1. The number of rotatable bonds is 3. The number of nitrogens with zero attached hydrogens (tertiary/aromatic N) is 2. The summed E-state index contributed by atoms with van der Waals surface area (Å²) < 4.78 is 0. The highest BCUT2D eigenvalue weighted by molar-refractivity contribution is 5.00. The molecule has 0 spiro atoms. The molecular weight excluding hydrogens is 164 g/mol. The third-order valence-corrected chi connectivity index (χ3v) is 1.81. The molecule has 72 valence electrons. The highest BCUT2D eigenvalue weighted by Gasteiger charge is 2.12. The Morgan fingerprint density at radius 1 is 1.46 bits per heavy atom. The van der Waals surface area contributed by atoms with Crippen molar-refractivity contribution in [2.75, 3.05) is 0 Å². The van der Waals surface area contributed by atoms with E-state index in [9.17, 15) is 5.11 Å². The van der Waals surface area contributed by atoms with Gasteiger partial charge in [0.25, 0.3) is 0 Å². The van der Waals surface area contributed by atoms with Crippen LogP contribution in [0, 0.1) is 6.92 Å². The topological polar surface area (TPSA) is 46.0 Å². The molecule has 0 saturated heterocycles. The number of aromatic nitrogens is 2. The maximum atomic E-state index is 9.49. The average Bonchev–Trinajstić information content (AvgIpc) is 2.00. The molecule has 0 saturated carbocycles. The van der Waals surface area contributed by atoms with Crippen LogP contribution in [0.2, 0.25) is 0 Å². The Bertz CT molecular complexity index is 278. The Balaban J connectivity index is 2.55. The normalized spacial score (nSPS) is 11.7. The van der Waals surface area contributed by atoms with Gasteiger partial charge in [0.2, 0.25) is 0 Å². The molecule has 1 aromatic heterocycles. The summed E-state index contributed by atoms with van der Waals surface area (Å²) in [5.74, 6) is 0.808. The molecule has 0 amide bonds. The van der Waals surface area contributed by atoms with Crippen LogP contribution in [0.5, 0.6) is 0 Å². The number of hydrogen-bond acceptors (Lipinski definition) is 3. The molecule has 0 aliphatic carbocycles. The largest absolute Gasteiger partial charge is 0.390 e. The van der Waals surface area contributed by atoms with Gasteiger partial charge in [-0.3, -0.25) is 0 Å². The molecule has 0 radical (unpaired) electrons. The van der Waals surface area contributed by atoms with Crippen LogP contribution in [0.15, 0.2) is 12.3 Å². The summed E-state index contributed by atoms with van der Waals surface area (Å²) >= 11 is 0. The van der Waals surface area contributed by atoms with Gasteiger partial charge in [0.1, 0.15) is 5.82 Å². The molecule has 1 heterocycles. The number of hydrogen-bond donors (Lipinski definition) is 1. The van der Waals surface area contributed by atoms with Gasteiger partial charge < -0.3 is 5.11 Å². The Hall–Kier alpha value is -0.960. The molecular formula is C10H16N2O. The Kier molecular flexibility index (Phi) is 2.98. The second-order valence-electron chi connectivity index (χ2n) is 3.93. The second-order valence-corrected chi connectivity index (χ2v) is 3.93. The van der Waals surface area contributed by atoms with Crippen LogP contribution in [0.25, 0.3) is 0 Å². The average molecular weight is 180 g/mol. The summed E-state index contributed by atoms with van der Waals surface area (Å²) in [5.41, 5.74) is 0.341. The zero-order valence-corrected chi connectivity index (χ0v) is 8.41. The van der Waals surface area contributed by atoms with Gasteiger partial charge in [0.15, 0.2) is 0 Å². The summed E-state index contributed by atoms with van der Waals surface area (Å²) in [7, 11) is 0. The quantitative estimate of drug-likeness (QED) is 0.766. The van der Waals surface area contributed by atoms with E-state index in [2.05, 4.69) is 9.97 Å². The van der Waals surface area contributed by atoms with E-state index in [-0.39, 0.29) is 0 Å². The van der Waals surface area contributed by atoms with Crippen LogP contribution in [0.1, 0.15) is 31.8 Å².